The number of rotatable bonds is 3. The Hall–Kier alpha value is -1.77. The number of benzene rings is 1. The molecule has 0 aliphatic heterocycles. The summed E-state index contributed by atoms with van der Waals surface area (Å²) in [6.07, 6.45) is 8.21. The maximum atomic E-state index is 12.9. The van der Waals surface area contributed by atoms with Gasteiger partial charge in [0.2, 0.25) is 0 Å². The van der Waals surface area contributed by atoms with Crippen LogP contribution in [0.5, 0.6) is 0 Å². The normalized spacial score (nSPS) is 34.4. The number of furan rings is 1. The van der Waals surface area contributed by atoms with Crippen molar-refractivity contribution in [2.24, 2.45) is 23.2 Å². The molecule has 3 nitrogen and oxygen atoms in total. The molecule has 0 unspecified atom stereocenters. The van der Waals surface area contributed by atoms with E-state index in [1.165, 1.54) is 38.5 Å². The molecule has 0 radical (unpaired) electrons. The van der Waals surface area contributed by atoms with E-state index in [1.54, 1.807) is 0 Å². The van der Waals surface area contributed by atoms with Crippen molar-refractivity contribution in [3.05, 3.63) is 35.6 Å². The molecule has 1 heterocycles. The molecule has 2 aromatic rings. The van der Waals surface area contributed by atoms with Crippen LogP contribution >= 0.6 is 0 Å². The van der Waals surface area contributed by atoms with Crippen LogP contribution in [-0.4, -0.2) is 11.9 Å². The molecule has 25 heavy (non-hydrogen) atoms. The van der Waals surface area contributed by atoms with Gasteiger partial charge in [0, 0.05) is 17.0 Å². The van der Waals surface area contributed by atoms with E-state index in [0.717, 1.165) is 34.3 Å². The van der Waals surface area contributed by atoms with E-state index >= 15 is 0 Å². The highest BCUT2D eigenvalue weighted by atomic mass is 16.3. The molecule has 4 fully saturated rings. The minimum Gasteiger partial charge on any atom is -0.451 e. The highest BCUT2D eigenvalue weighted by molar-refractivity contribution is 5.99. The Morgan fingerprint density at radius 1 is 1.12 bits per heavy atom. The molecule has 3 heteroatoms. The van der Waals surface area contributed by atoms with E-state index in [2.05, 4.69) is 12.2 Å². The van der Waals surface area contributed by atoms with Crippen LogP contribution in [-0.2, 0) is 0 Å². The quantitative estimate of drug-likeness (QED) is 0.849. The third-order valence-corrected chi connectivity index (χ3v) is 7.40. The molecule has 4 aliphatic carbocycles. The average molecular weight is 337 g/mol. The van der Waals surface area contributed by atoms with E-state index in [9.17, 15) is 4.79 Å². The first-order chi connectivity index (χ1) is 12.0. The summed E-state index contributed by atoms with van der Waals surface area (Å²) < 4.78 is 5.87. The zero-order valence-electron chi connectivity index (χ0n) is 15.2. The van der Waals surface area contributed by atoms with Crippen molar-refractivity contribution < 1.29 is 9.21 Å². The number of amides is 1. The van der Waals surface area contributed by atoms with Gasteiger partial charge >= 0.3 is 0 Å². The molecule has 1 atom stereocenters. The molecule has 4 saturated carbocycles. The summed E-state index contributed by atoms with van der Waals surface area (Å²) in [5.41, 5.74) is 2.07. The van der Waals surface area contributed by atoms with E-state index in [0.29, 0.717) is 11.2 Å². The molecule has 1 aromatic carbocycles. The number of carbonyl (C=O) groups is 1. The summed E-state index contributed by atoms with van der Waals surface area (Å²) in [6, 6.07) is 8.12. The van der Waals surface area contributed by atoms with Gasteiger partial charge in [-0.1, -0.05) is 18.2 Å². The van der Waals surface area contributed by atoms with Gasteiger partial charge in [-0.05, 0) is 81.6 Å². The Labute approximate surface area is 149 Å². The van der Waals surface area contributed by atoms with Gasteiger partial charge in [-0.15, -0.1) is 0 Å². The maximum absolute atomic E-state index is 12.9. The first kappa shape index (κ1) is 15.5. The summed E-state index contributed by atoms with van der Waals surface area (Å²) in [5, 5.41) is 4.36. The van der Waals surface area contributed by atoms with Crippen LogP contribution in [0.2, 0.25) is 0 Å². The fourth-order valence-corrected chi connectivity index (χ4v) is 6.51. The number of aryl methyl sites for hydroxylation is 1. The predicted octanol–water partition coefficient (Wildman–Crippen LogP) is 5.08. The van der Waals surface area contributed by atoms with Crippen LogP contribution in [0.25, 0.3) is 11.0 Å². The first-order valence-electron chi connectivity index (χ1n) is 9.83. The Bertz CT molecular complexity index is 798. The smallest absolute Gasteiger partial charge is 0.287 e. The van der Waals surface area contributed by atoms with Gasteiger partial charge in [0.05, 0.1) is 0 Å². The molecular formula is C22H27NO2. The molecule has 4 bridgehead atoms. The first-order valence-corrected chi connectivity index (χ1v) is 9.83. The van der Waals surface area contributed by atoms with Crippen LogP contribution in [0, 0.1) is 30.1 Å². The number of hydrogen-bond donors (Lipinski definition) is 1. The average Bonchev–Trinajstić information content (AvgIpc) is 2.91. The lowest BCUT2D eigenvalue weighted by Gasteiger charge is -2.59. The van der Waals surface area contributed by atoms with Gasteiger partial charge in [0.15, 0.2) is 5.76 Å². The third kappa shape index (κ3) is 2.35. The molecule has 132 valence electrons. The van der Waals surface area contributed by atoms with Gasteiger partial charge in [0.1, 0.15) is 5.58 Å². The number of para-hydroxylation sites is 1. The lowest BCUT2D eigenvalue weighted by molar-refractivity contribution is -0.0688. The molecule has 0 spiro atoms. The number of carbonyl (C=O) groups excluding carboxylic acids is 1. The fraction of sp³-hybridized carbons (Fsp3) is 0.591. The third-order valence-electron chi connectivity index (χ3n) is 7.40. The van der Waals surface area contributed by atoms with E-state index in [4.69, 9.17) is 4.42 Å². The van der Waals surface area contributed by atoms with Crippen molar-refractivity contribution in [3.8, 4) is 0 Å². The van der Waals surface area contributed by atoms with Crippen molar-refractivity contribution in [2.45, 2.75) is 58.4 Å². The lowest BCUT2D eigenvalue weighted by atomic mass is 9.48. The van der Waals surface area contributed by atoms with Crippen molar-refractivity contribution >= 4 is 16.9 Å². The van der Waals surface area contributed by atoms with Crippen molar-refractivity contribution in [1.29, 1.82) is 0 Å². The van der Waals surface area contributed by atoms with E-state index in [1.807, 2.05) is 31.2 Å². The largest absolute Gasteiger partial charge is 0.451 e. The van der Waals surface area contributed by atoms with Gasteiger partial charge in [-0.3, -0.25) is 4.79 Å². The fourth-order valence-electron chi connectivity index (χ4n) is 6.51. The van der Waals surface area contributed by atoms with Crippen LogP contribution in [0.3, 0.4) is 0 Å². The number of nitrogens with one attached hydrogen (secondary N) is 1. The lowest BCUT2D eigenvalue weighted by Crippen LogP contribution is -2.55. The van der Waals surface area contributed by atoms with Crippen molar-refractivity contribution in [2.75, 3.05) is 0 Å². The molecule has 6 rings (SSSR count). The Morgan fingerprint density at radius 2 is 1.72 bits per heavy atom. The number of fused-ring (bicyclic) bond motifs is 1. The summed E-state index contributed by atoms with van der Waals surface area (Å²) >= 11 is 0. The molecular weight excluding hydrogens is 310 g/mol. The Kier molecular flexibility index (Phi) is 3.32. The van der Waals surface area contributed by atoms with Gasteiger partial charge in [0.25, 0.3) is 5.91 Å². The monoisotopic (exact) mass is 337 g/mol. The summed E-state index contributed by atoms with van der Waals surface area (Å²) in [7, 11) is 0. The second-order valence-electron chi connectivity index (χ2n) is 9.03. The molecule has 0 saturated heterocycles. The summed E-state index contributed by atoms with van der Waals surface area (Å²) in [6.45, 7) is 4.21. The summed E-state index contributed by atoms with van der Waals surface area (Å²) in [4.78, 5) is 12.9. The molecule has 1 amide bonds. The van der Waals surface area contributed by atoms with Gasteiger partial charge in [-0.2, -0.15) is 0 Å². The van der Waals surface area contributed by atoms with Crippen LogP contribution in [0.1, 0.15) is 61.6 Å². The SMILES string of the molecule is Cc1c(C(=O)N[C@@H](C)C23CC4CC(CC(C4)C2)C3)oc2ccccc12. The second kappa shape index (κ2) is 5.36. The Balaban J connectivity index is 1.39. The molecule has 1 N–H and O–H groups in total. The van der Waals surface area contributed by atoms with Crippen LogP contribution in [0.15, 0.2) is 28.7 Å². The second-order valence-corrected chi connectivity index (χ2v) is 9.03. The minimum atomic E-state index is -0.0445. The molecule has 4 aliphatic rings. The standard InChI is InChI=1S/C22H27NO2/c1-13-18-5-3-4-6-19(18)25-20(13)21(24)23-14(2)22-10-15-7-16(11-22)9-17(8-15)12-22/h3-6,14-17H,7-12H2,1-2H3,(H,23,24)/t14-,15?,16?,17?,22?/m0/s1. The van der Waals surface area contributed by atoms with E-state index < -0.39 is 0 Å². The highest BCUT2D eigenvalue weighted by Gasteiger charge is 2.53. The van der Waals surface area contributed by atoms with Crippen molar-refractivity contribution in [1.82, 2.24) is 5.32 Å². The zero-order chi connectivity index (χ0) is 17.2. The van der Waals surface area contributed by atoms with Crippen LogP contribution in [0.4, 0.5) is 0 Å². The topological polar surface area (TPSA) is 42.2 Å². The summed E-state index contributed by atoms with van der Waals surface area (Å²) in [5.74, 6) is 3.14. The highest BCUT2D eigenvalue weighted by Crippen LogP contribution is 2.61. The Morgan fingerprint density at radius 3 is 2.32 bits per heavy atom. The van der Waals surface area contributed by atoms with Gasteiger partial charge in [-0.25, -0.2) is 0 Å². The zero-order valence-corrected chi connectivity index (χ0v) is 15.2. The maximum Gasteiger partial charge on any atom is 0.287 e. The predicted molar refractivity (Wildman–Crippen MR) is 98.5 cm³/mol. The number of hydrogen-bond acceptors (Lipinski definition) is 2. The molecule has 1 aromatic heterocycles. The van der Waals surface area contributed by atoms with E-state index in [-0.39, 0.29) is 11.9 Å². The van der Waals surface area contributed by atoms with Crippen molar-refractivity contribution in [3.63, 3.8) is 0 Å². The van der Waals surface area contributed by atoms with Gasteiger partial charge < -0.3 is 9.73 Å². The van der Waals surface area contributed by atoms with Crippen LogP contribution < -0.4 is 5.32 Å². The minimum absolute atomic E-state index is 0.0445.